The summed E-state index contributed by atoms with van der Waals surface area (Å²) in [4.78, 5) is 11.6. The van der Waals surface area contributed by atoms with E-state index in [0.717, 1.165) is 24.8 Å². The first-order valence-corrected chi connectivity index (χ1v) is 6.49. The third kappa shape index (κ3) is 3.65. The Morgan fingerprint density at radius 2 is 2.28 bits per heavy atom. The second-order valence-corrected chi connectivity index (χ2v) is 4.65. The van der Waals surface area contributed by atoms with Crippen LogP contribution in [0.4, 0.5) is 5.69 Å². The zero-order chi connectivity index (χ0) is 13.0. The third-order valence-corrected chi connectivity index (χ3v) is 2.96. The number of anilines is 1. The van der Waals surface area contributed by atoms with E-state index >= 15 is 0 Å². The quantitative estimate of drug-likeness (QED) is 0.755. The Morgan fingerprint density at radius 1 is 1.50 bits per heavy atom. The van der Waals surface area contributed by atoms with E-state index in [-0.39, 0.29) is 5.91 Å². The highest BCUT2D eigenvalue weighted by molar-refractivity contribution is 5.76. The zero-order valence-corrected chi connectivity index (χ0v) is 10.7. The summed E-state index contributed by atoms with van der Waals surface area (Å²) in [6.07, 6.45) is 3.49. The molecule has 1 aromatic carbocycles. The number of hydrogen-bond donors (Lipinski definition) is 2. The van der Waals surface area contributed by atoms with Gasteiger partial charge < -0.3 is 15.8 Å². The van der Waals surface area contributed by atoms with Gasteiger partial charge in [-0.1, -0.05) is 6.07 Å². The van der Waals surface area contributed by atoms with Crippen LogP contribution in [0.2, 0.25) is 0 Å². The Hall–Kier alpha value is -1.71. The molecule has 1 saturated carbocycles. The van der Waals surface area contributed by atoms with Crippen molar-refractivity contribution >= 4 is 11.6 Å². The van der Waals surface area contributed by atoms with Crippen molar-refractivity contribution in [3.8, 4) is 5.75 Å². The molecule has 1 aromatic rings. The first-order chi connectivity index (χ1) is 8.69. The largest absolute Gasteiger partial charge is 0.492 e. The molecule has 2 rings (SSSR count). The van der Waals surface area contributed by atoms with Gasteiger partial charge in [0.1, 0.15) is 5.75 Å². The highest BCUT2D eigenvalue weighted by Crippen LogP contribution is 2.23. The molecule has 0 bridgehead atoms. The molecule has 18 heavy (non-hydrogen) atoms. The Labute approximate surface area is 108 Å². The van der Waals surface area contributed by atoms with Gasteiger partial charge in [-0.25, -0.2) is 0 Å². The standard InChI is InChI=1S/C14H20N2O2/c1-2-18-13-7-3-10(9-12(13)15)4-8-14(17)16-11-5-6-11/h3,7,9,11H,2,4-6,8,15H2,1H3,(H,16,17). The van der Waals surface area contributed by atoms with Crippen LogP contribution >= 0.6 is 0 Å². The molecule has 0 saturated heterocycles. The van der Waals surface area contributed by atoms with Crippen molar-refractivity contribution in [2.75, 3.05) is 12.3 Å². The van der Waals surface area contributed by atoms with Crippen LogP contribution in [-0.2, 0) is 11.2 Å². The van der Waals surface area contributed by atoms with Crippen LogP contribution in [0, 0.1) is 0 Å². The van der Waals surface area contributed by atoms with Crippen molar-refractivity contribution in [2.24, 2.45) is 0 Å². The van der Waals surface area contributed by atoms with E-state index in [1.54, 1.807) is 0 Å². The second kappa shape index (κ2) is 5.76. The molecular weight excluding hydrogens is 228 g/mol. The first kappa shape index (κ1) is 12.7. The minimum atomic E-state index is 0.130. The average molecular weight is 248 g/mol. The summed E-state index contributed by atoms with van der Waals surface area (Å²) >= 11 is 0. The van der Waals surface area contributed by atoms with Gasteiger partial charge in [-0.2, -0.15) is 0 Å². The van der Waals surface area contributed by atoms with Crippen LogP contribution in [0.3, 0.4) is 0 Å². The minimum Gasteiger partial charge on any atom is -0.492 e. The molecule has 0 aliphatic heterocycles. The summed E-state index contributed by atoms with van der Waals surface area (Å²) in [6.45, 7) is 2.53. The monoisotopic (exact) mass is 248 g/mol. The number of carbonyl (C=O) groups excluding carboxylic acids is 1. The molecule has 1 aliphatic carbocycles. The molecule has 4 heteroatoms. The van der Waals surface area contributed by atoms with Gasteiger partial charge in [0.05, 0.1) is 12.3 Å². The van der Waals surface area contributed by atoms with Crippen molar-refractivity contribution in [3.63, 3.8) is 0 Å². The predicted octanol–water partition coefficient (Wildman–Crippen LogP) is 1.88. The number of nitrogen functional groups attached to an aromatic ring is 1. The fourth-order valence-corrected chi connectivity index (χ4v) is 1.83. The molecule has 3 N–H and O–H groups in total. The Balaban J connectivity index is 1.84. The molecular formula is C14H20N2O2. The van der Waals surface area contributed by atoms with E-state index < -0.39 is 0 Å². The van der Waals surface area contributed by atoms with E-state index in [4.69, 9.17) is 10.5 Å². The maximum Gasteiger partial charge on any atom is 0.220 e. The Kier molecular flexibility index (Phi) is 4.07. The maximum absolute atomic E-state index is 11.6. The van der Waals surface area contributed by atoms with Gasteiger partial charge in [0.25, 0.3) is 0 Å². The SMILES string of the molecule is CCOc1ccc(CCC(=O)NC2CC2)cc1N. The molecule has 0 heterocycles. The number of hydrogen-bond acceptors (Lipinski definition) is 3. The van der Waals surface area contributed by atoms with Crippen LogP contribution in [-0.4, -0.2) is 18.6 Å². The molecule has 0 unspecified atom stereocenters. The molecule has 1 fully saturated rings. The molecule has 98 valence electrons. The summed E-state index contributed by atoms with van der Waals surface area (Å²) in [5.74, 6) is 0.841. The number of nitrogens with two attached hydrogens (primary N) is 1. The highest BCUT2D eigenvalue weighted by atomic mass is 16.5. The second-order valence-electron chi connectivity index (χ2n) is 4.65. The number of benzene rings is 1. The normalized spacial score (nSPS) is 14.3. The van der Waals surface area contributed by atoms with Crippen LogP contribution in [0.5, 0.6) is 5.75 Å². The maximum atomic E-state index is 11.6. The third-order valence-electron chi connectivity index (χ3n) is 2.96. The number of ether oxygens (including phenoxy) is 1. The lowest BCUT2D eigenvalue weighted by Crippen LogP contribution is -2.25. The topological polar surface area (TPSA) is 64.3 Å². The fraction of sp³-hybridized carbons (Fsp3) is 0.500. The van der Waals surface area contributed by atoms with Crippen molar-refractivity contribution in [1.29, 1.82) is 0 Å². The van der Waals surface area contributed by atoms with Gasteiger partial charge in [-0.05, 0) is 43.9 Å². The van der Waals surface area contributed by atoms with E-state index in [2.05, 4.69) is 5.32 Å². The van der Waals surface area contributed by atoms with Crippen LogP contribution < -0.4 is 15.8 Å². The first-order valence-electron chi connectivity index (χ1n) is 6.49. The summed E-state index contributed by atoms with van der Waals surface area (Å²) in [5.41, 5.74) is 7.59. The molecule has 0 spiro atoms. The fourth-order valence-electron chi connectivity index (χ4n) is 1.83. The van der Waals surface area contributed by atoms with Gasteiger partial charge in [0.2, 0.25) is 5.91 Å². The van der Waals surface area contributed by atoms with Crippen molar-refractivity contribution in [1.82, 2.24) is 5.32 Å². The lowest BCUT2D eigenvalue weighted by Gasteiger charge is -2.09. The van der Waals surface area contributed by atoms with Gasteiger partial charge in [-0.3, -0.25) is 4.79 Å². The average Bonchev–Trinajstić information content (AvgIpc) is 3.14. The predicted molar refractivity (Wildman–Crippen MR) is 71.5 cm³/mol. The molecule has 1 amide bonds. The van der Waals surface area contributed by atoms with E-state index in [9.17, 15) is 4.79 Å². The van der Waals surface area contributed by atoms with Gasteiger partial charge in [-0.15, -0.1) is 0 Å². The van der Waals surface area contributed by atoms with Crippen LogP contribution in [0.25, 0.3) is 0 Å². The summed E-state index contributed by atoms with van der Waals surface area (Å²) in [6, 6.07) is 6.15. The highest BCUT2D eigenvalue weighted by Gasteiger charge is 2.22. The number of carbonyl (C=O) groups is 1. The number of rotatable bonds is 6. The molecule has 0 atom stereocenters. The Morgan fingerprint density at radius 3 is 2.89 bits per heavy atom. The van der Waals surface area contributed by atoms with Gasteiger partial charge >= 0.3 is 0 Å². The Bertz CT molecular complexity index is 428. The lowest BCUT2D eigenvalue weighted by molar-refractivity contribution is -0.121. The van der Waals surface area contributed by atoms with E-state index in [0.29, 0.717) is 30.5 Å². The van der Waals surface area contributed by atoms with E-state index in [1.165, 1.54) is 0 Å². The zero-order valence-electron chi connectivity index (χ0n) is 10.7. The summed E-state index contributed by atoms with van der Waals surface area (Å²) in [7, 11) is 0. The van der Waals surface area contributed by atoms with Crippen molar-refractivity contribution in [3.05, 3.63) is 23.8 Å². The number of amides is 1. The molecule has 4 nitrogen and oxygen atoms in total. The molecule has 1 aliphatic rings. The van der Waals surface area contributed by atoms with Crippen molar-refractivity contribution in [2.45, 2.75) is 38.6 Å². The molecule has 0 aromatic heterocycles. The van der Waals surface area contributed by atoms with Crippen LogP contribution in [0.15, 0.2) is 18.2 Å². The summed E-state index contributed by atoms with van der Waals surface area (Å²) in [5, 5.41) is 2.98. The van der Waals surface area contributed by atoms with Gasteiger partial charge in [0.15, 0.2) is 0 Å². The smallest absolute Gasteiger partial charge is 0.220 e. The number of nitrogens with one attached hydrogen (secondary N) is 1. The van der Waals surface area contributed by atoms with Gasteiger partial charge in [0, 0.05) is 12.5 Å². The minimum absolute atomic E-state index is 0.130. The van der Waals surface area contributed by atoms with Crippen LogP contribution in [0.1, 0.15) is 31.7 Å². The lowest BCUT2D eigenvalue weighted by atomic mass is 10.1. The summed E-state index contributed by atoms with van der Waals surface area (Å²) < 4.78 is 5.37. The van der Waals surface area contributed by atoms with E-state index in [1.807, 2.05) is 25.1 Å². The molecule has 0 radical (unpaired) electrons. The van der Waals surface area contributed by atoms with Crippen molar-refractivity contribution < 1.29 is 9.53 Å². The number of aryl methyl sites for hydroxylation is 1.